The Hall–Kier alpha value is -5.31. The predicted molar refractivity (Wildman–Crippen MR) is 244 cm³/mol. The lowest BCUT2D eigenvalue weighted by atomic mass is 9.97. The van der Waals surface area contributed by atoms with Gasteiger partial charge in [0.05, 0.1) is 12.5 Å². The second-order valence-corrected chi connectivity index (χ2v) is 16.9. The Balaban J connectivity index is 1.70. The first-order valence-corrected chi connectivity index (χ1v) is 23.1. The number of hydrogen-bond donors (Lipinski definition) is 5. The van der Waals surface area contributed by atoms with Crippen LogP contribution in [0.25, 0.3) is 0 Å². The van der Waals surface area contributed by atoms with Crippen molar-refractivity contribution in [3.8, 4) is 0 Å². The molecule has 1 unspecified atom stereocenters. The smallest absolute Gasteiger partial charge is 0.408 e. The topological polar surface area (TPSA) is 218 Å². The molecule has 4 amide bonds. The van der Waals surface area contributed by atoms with Gasteiger partial charge in [0.25, 0.3) is 5.91 Å². The number of carboxylic acids is 1. The van der Waals surface area contributed by atoms with Gasteiger partial charge >= 0.3 is 18.0 Å². The Morgan fingerprint density at radius 1 is 0.688 bits per heavy atom. The van der Waals surface area contributed by atoms with Crippen molar-refractivity contribution in [2.45, 2.75) is 162 Å². The number of carboxylic acid groups (broad SMARTS) is 1. The highest BCUT2D eigenvalue weighted by Crippen LogP contribution is 2.18. The largest absolute Gasteiger partial charge is 0.480 e. The highest BCUT2D eigenvalue weighted by molar-refractivity contribution is 5.98. The molecule has 5 atom stereocenters. The van der Waals surface area contributed by atoms with E-state index in [9.17, 15) is 43.8 Å². The van der Waals surface area contributed by atoms with Crippen molar-refractivity contribution in [2.24, 2.45) is 11.8 Å². The second-order valence-electron chi connectivity index (χ2n) is 16.9. The molecular weight excluding hydrogens is 821 g/mol. The summed E-state index contributed by atoms with van der Waals surface area (Å²) in [5, 5.41) is 27.6. The van der Waals surface area contributed by atoms with E-state index in [1.165, 1.54) is 11.8 Å². The van der Waals surface area contributed by atoms with Gasteiger partial charge in [-0.05, 0) is 56.7 Å². The highest BCUT2D eigenvalue weighted by atomic mass is 16.6. The van der Waals surface area contributed by atoms with Crippen LogP contribution < -0.4 is 16.0 Å². The van der Waals surface area contributed by atoms with Crippen molar-refractivity contribution < 1.29 is 53.2 Å². The first-order valence-electron chi connectivity index (χ1n) is 23.1. The molecule has 64 heavy (non-hydrogen) atoms. The molecule has 0 aliphatic heterocycles. The fourth-order valence-electron chi connectivity index (χ4n) is 7.23. The van der Waals surface area contributed by atoms with Crippen LogP contribution in [0.3, 0.4) is 0 Å². The first-order chi connectivity index (χ1) is 30.7. The Labute approximate surface area is 379 Å². The van der Waals surface area contributed by atoms with E-state index in [0.29, 0.717) is 31.2 Å². The Kier molecular flexibility index (Phi) is 27.0. The number of ketones is 1. The number of aliphatic hydroxyl groups excluding tert-OH is 1. The number of aliphatic carboxylic acids is 1. The van der Waals surface area contributed by atoms with Crippen LogP contribution in [0.2, 0.25) is 0 Å². The molecule has 0 aliphatic carbocycles. The van der Waals surface area contributed by atoms with Crippen LogP contribution in [0.15, 0.2) is 60.7 Å². The average Bonchev–Trinajstić information content (AvgIpc) is 3.28. The summed E-state index contributed by atoms with van der Waals surface area (Å²) < 4.78 is 10.4. The van der Waals surface area contributed by atoms with E-state index in [2.05, 4.69) is 16.0 Å². The van der Waals surface area contributed by atoms with Crippen LogP contribution in [-0.2, 0) is 40.1 Å². The number of carbonyl (C=O) groups excluding carboxylic acids is 6. The average molecular weight is 895 g/mol. The number of ether oxygens (including phenoxy) is 2. The maximum atomic E-state index is 13.8. The molecule has 5 N–H and O–H groups in total. The number of hydrogen-bond acceptors (Lipinski definition) is 10. The zero-order chi connectivity index (χ0) is 47.3. The zero-order valence-electron chi connectivity index (χ0n) is 38.7. The third-order valence-electron chi connectivity index (χ3n) is 11.2. The summed E-state index contributed by atoms with van der Waals surface area (Å²) in [4.78, 5) is 90.7. The van der Waals surface area contributed by atoms with Gasteiger partial charge < -0.3 is 40.5 Å². The number of benzene rings is 2. The molecule has 0 saturated carbocycles. The van der Waals surface area contributed by atoms with Crippen LogP contribution in [0, 0.1) is 11.8 Å². The van der Waals surface area contributed by atoms with Gasteiger partial charge in [-0.2, -0.15) is 0 Å². The van der Waals surface area contributed by atoms with Crippen LogP contribution >= 0.6 is 0 Å². The number of amides is 4. The SMILES string of the molecule is CCCC[C@@H](C(=O)O)N(CCCCCCCCCCCCCC(COC(=O)[C@@H](CO)NC(=O)OCc1ccccc1)C(C)=O)C(=O)[C@H](C)NC(=O)[C@@H](NC(=O)c1ccccc1)C(C)C. The maximum Gasteiger partial charge on any atom is 0.408 e. The number of esters is 1. The minimum Gasteiger partial charge on any atom is -0.480 e. The number of rotatable bonds is 33. The molecular formula is C49H74N4O11. The summed E-state index contributed by atoms with van der Waals surface area (Å²) in [5.41, 5.74) is 1.18. The van der Waals surface area contributed by atoms with Crippen LogP contribution in [0.1, 0.15) is 147 Å². The number of Topliss-reactive ketones (excluding diaryl/α,β-unsaturated/α-hetero) is 1. The highest BCUT2D eigenvalue weighted by Gasteiger charge is 2.34. The Morgan fingerprint density at radius 3 is 1.78 bits per heavy atom. The van der Waals surface area contributed by atoms with Gasteiger partial charge in [0.15, 0.2) is 6.04 Å². The lowest BCUT2D eigenvalue weighted by Crippen LogP contribution is -2.57. The fraction of sp³-hybridized carbons (Fsp3) is 0.612. The van der Waals surface area contributed by atoms with E-state index in [1.54, 1.807) is 75.4 Å². The van der Waals surface area contributed by atoms with Crippen molar-refractivity contribution in [1.29, 1.82) is 0 Å². The molecule has 15 heteroatoms. The van der Waals surface area contributed by atoms with Crippen molar-refractivity contribution >= 4 is 41.5 Å². The van der Waals surface area contributed by atoms with E-state index in [1.807, 2.05) is 13.0 Å². The minimum atomic E-state index is -1.31. The summed E-state index contributed by atoms with van der Waals surface area (Å²) in [6.07, 6.45) is 11.9. The molecule has 2 aromatic rings. The van der Waals surface area contributed by atoms with Crippen LogP contribution in [-0.4, -0.2) is 101 Å². The van der Waals surface area contributed by atoms with Gasteiger partial charge in [0, 0.05) is 12.1 Å². The molecule has 0 bridgehead atoms. The van der Waals surface area contributed by atoms with Crippen molar-refractivity contribution in [3.63, 3.8) is 0 Å². The summed E-state index contributed by atoms with van der Waals surface area (Å²) in [7, 11) is 0. The lowest BCUT2D eigenvalue weighted by Gasteiger charge is -2.32. The predicted octanol–water partition coefficient (Wildman–Crippen LogP) is 7.13. The number of carbonyl (C=O) groups is 7. The molecule has 15 nitrogen and oxygen atoms in total. The van der Waals surface area contributed by atoms with Crippen LogP contribution in [0.5, 0.6) is 0 Å². The summed E-state index contributed by atoms with van der Waals surface area (Å²) in [6.45, 7) is 8.03. The monoisotopic (exact) mass is 895 g/mol. The van der Waals surface area contributed by atoms with E-state index >= 15 is 0 Å². The number of aliphatic hydroxyl groups is 1. The van der Waals surface area contributed by atoms with E-state index < -0.39 is 72.4 Å². The van der Waals surface area contributed by atoms with Gasteiger partial charge in [0.2, 0.25) is 11.8 Å². The van der Waals surface area contributed by atoms with E-state index in [4.69, 9.17) is 9.47 Å². The standard InChI is InChI=1S/C49H74N4O11/c1-6-7-30-42(47(59)60)53(46(58)36(4)50-45(57)43(35(2)3)52-44(56)39-27-22-18-23-28-39)31-24-16-14-12-10-8-9-11-13-15-21-29-40(37(5)55)34-63-48(61)41(32-54)51-49(62)64-33-38-25-19-17-20-26-38/h17-20,22-23,25-28,35-36,40-43,54H,6-16,21,24,29-34H2,1-5H3,(H,50,57)(H,51,62)(H,52,56)(H,59,60)/t36-,40?,41+,42-,43-/m0/s1. The van der Waals surface area contributed by atoms with Crippen LogP contribution in [0.4, 0.5) is 4.79 Å². The Morgan fingerprint density at radius 2 is 1.25 bits per heavy atom. The normalized spacial score (nSPS) is 13.4. The number of nitrogens with zero attached hydrogens (tertiary/aromatic N) is 1. The molecule has 0 aromatic heterocycles. The molecule has 0 fully saturated rings. The number of alkyl carbamates (subject to hydrolysis) is 1. The minimum absolute atomic E-state index is 0.00296. The van der Waals surface area contributed by atoms with E-state index in [-0.39, 0.29) is 31.5 Å². The molecule has 0 radical (unpaired) electrons. The molecule has 0 heterocycles. The third-order valence-corrected chi connectivity index (χ3v) is 11.2. The zero-order valence-corrected chi connectivity index (χ0v) is 38.7. The summed E-state index contributed by atoms with van der Waals surface area (Å²) >= 11 is 0. The first kappa shape index (κ1) is 54.8. The quantitative estimate of drug-likeness (QED) is 0.0359. The lowest BCUT2D eigenvalue weighted by molar-refractivity contribution is -0.152. The van der Waals surface area contributed by atoms with Crippen molar-refractivity contribution in [2.75, 3.05) is 19.8 Å². The second kappa shape index (κ2) is 31.5. The molecule has 0 saturated heterocycles. The van der Waals surface area contributed by atoms with Gasteiger partial charge in [0.1, 0.15) is 37.1 Å². The van der Waals surface area contributed by atoms with Crippen molar-refractivity contribution in [1.82, 2.24) is 20.9 Å². The molecule has 0 aliphatic rings. The molecule has 356 valence electrons. The molecule has 2 rings (SSSR count). The number of nitrogens with one attached hydrogen (secondary N) is 3. The fourth-order valence-corrected chi connectivity index (χ4v) is 7.23. The van der Waals surface area contributed by atoms with Gasteiger partial charge in [-0.15, -0.1) is 0 Å². The summed E-state index contributed by atoms with van der Waals surface area (Å²) in [5.74, 6) is -4.13. The number of unbranched alkanes of at least 4 members (excludes halogenated alkanes) is 11. The van der Waals surface area contributed by atoms with Gasteiger partial charge in [-0.25, -0.2) is 14.4 Å². The maximum absolute atomic E-state index is 13.8. The molecule has 0 spiro atoms. The van der Waals surface area contributed by atoms with E-state index in [0.717, 1.165) is 76.2 Å². The summed E-state index contributed by atoms with van der Waals surface area (Å²) in [6, 6.07) is 13.4. The van der Waals surface area contributed by atoms with Gasteiger partial charge in [-0.1, -0.05) is 146 Å². The van der Waals surface area contributed by atoms with Gasteiger partial charge in [-0.3, -0.25) is 19.2 Å². The molecule has 2 aromatic carbocycles. The van der Waals surface area contributed by atoms with Crippen molar-refractivity contribution in [3.05, 3.63) is 71.8 Å². The third kappa shape index (κ3) is 21.4. The Bertz CT molecular complexity index is 1710.